The van der Waals surface area contributed by atoms with Gasteiger partial charge in [-0.3, -0.25) is 9.48 Å². The molecule has 1 fully saturated rings. The number of ether oxygens (including phenoxy) is 1. The van der Waals surface area contributed by atoms with Crippen LogP contribution in [0.2, 0.25) is 0 Å². The molecule has 0 saturated heterocycles. The number of benzene rings is 1. The van der Waals surface area contributed by atoms with E-state index in [1.807, 2.05) is 34.1 Å². The fourth-order valence-corrected chi connectivity index (χ4v) is 4.30. The first-order valence-electron chi connectivity index (χ1n) is 10.6. The summed E-state index contributed by atoms with van der Waals surface area (Å²) in [7, 11) is 0. The zero-order chi connectivity index (χ0) is 21.5. The van der Waals surface area contributed by atoms with Gasteiger partial charge in [-0.15, -0.1) is 0 Å². The number of carbonyl (C=O) groups excluding carboxylic acids is 1. The van der Waals surface area contributed by atoms with Crippen molar-refractivity contribution < 1.29 is 9.53 Å². The van der Waals surface area contributed by atoms with Crippen LogP contribution in [0.4, 0.5) is 5.69 Å². The van der Waals surface area contributed by atoms with Crippen molar-refractivity contribution in [3.8, 4) is 28.8 Å². The van der Waals surface area contributed by atoms with Crippen molar-refractivity contribution in [2.45, 2.75) is 51.6 Å². The monoisotopic (exact) mass is 413 g/mol. The molecule has 156 valence electrons. The number of aromatic nitrogens is 3. The van der Waals surface area contributed by atoms with Gasteiger partial charge in [-0.2, -0.15) is 10.4 Å². The van der Waals surface area contributed by atoms with Crippen LogP contribution < -0.4 is 9.64 Å². The third kappa shape index (κ3) is 3.44. The van der Waals surface area contributed by atoms with Crippen molar-refractivity contribution in [1.82, 2.24) is 14.8 Å². The van der Waals surface area contributed by atoms with Crippen LogP contribution in [0, 0.1) is 11.3 Å². The zero-order valence-electron chi connectivity index (χ0n) is 17.6. The second-order valence-electron chi connectivity index (χ2n) is 8.23. The van der Waals surface area contributed by atoms with E-state index in [0.717, 1.165) is 48.1 Å². The molecule has 2 aromatic heterocycles. The summed E-state index contributed by atoms with van der Waals surface area (Å²) in [4.78, 5) is 18.5. The minimum atomic E-state index is 0.00394. The molecule has 1 aliphatic heterocycles. The molecule has 7 heteroatoms. The van der Waals surface area contributed by atoms with E-state index >= 15 is 0 Å². The maximum atomic E-state index is 12.4. The van der Waals surface area contributed by atoms with E-state index in [4.69, 9.17) is 4.74 Å². The molecular weight excluding hydrogens is 390 g/mol. The molecule has 1 atom stereocenters. The van der Waals surface area contributed by atoms with Gasteiger partial charge in [-0.1, -0.05) is 0 Å². The van der Waals surface area contributed by atoms with Crippen LogP contribution in [0.15, 0.2) is 42.9 Å². The van der Waals surface area contributed by atoms with Gasteiger partial charge < -0.3 is 9.64 Å². The van der Waals surface area contributed by atoms with Gasteiger partial charge in [0.05, 0.1) is 17.9 Å². The number of nitriles is 1. The van der Waals surface area contributed by atoms with E-state index < -0.39 is 0 Å². The Morgan fingerprint density at radius 2 is 2.10 bits per heavy atom. The van der Waals surface area contributed by atoms with Gasteiger partial charge >= 0.3 is 0 Å². The number of amides is 1. The number of pyridine rings is 1. The topological polar surface area (TPSA) is 84.0 Å². The average Bonchev–Trinajstić information content (AvgIpc) is 3.51. The lowest BCUT2D eigenvalue weighted by atomic mass is 9.92. The van der Waals surface area contributed by atoms with Crippen molar-refractivity contribution in [2.24, 2.45) is 0 Å². The maximum Gasteiger partial charge on any atom is 0.237 e. The summed E-state index contributed by atoms with van der Waals surface area (Å²) in [5.41, 5.74) is 4.02. The van der Waals surface area contributed by atoms with Crippen LogP contribution in [-0.2, 0) is 11.2 Å². The highest BCUT2D eigenvalue weighted by molar-refractivity contribution is 5.95. The highest BCUT2D eigenvalue weighted by Gasteiger charge is 2.31. The Labute approximate surface area is 180 Å². The normalized spacial score (nSPS) is 17.7. The Balaban J connectivity index is 1.67. The summed E-state index contributed by atoms with van der Waals surface area (Å²) >= 11 is 0. The van der Waals surface area contributed by atoms with Crippen molar-refractivity contribution in [3.63, 3.8) is 0 Å². The molecule has 31 heavy (non-hydrogen) atoms. The molecule has 0 radical (unpaired) electrons. The van der Waals surface area contributed by atoms with E-state index in [9.17, 15) is 10.1 Å². The number of anilines is 1. The first-order valence-corrected chi connectivity index (χ1v) is 10.6. The summed E-state index contributed by atoms with van der Waals surface area (Å²) in [6.07, 6.45) is 9.42. The Morgan fingerprint density at radius 1 is 1.26 bits per heavy atom. The van der Waals surface area contributed by atoms with Crippen LogP contribution in [-0.4, -0.2) is 26.7 Å². The summed E-state index contributed by atoms with van der Waals surface area (Å²) < 4.78 is 8.33. The highest BCUT2D eigenvalue weighted by Crippen LogP contribution is 2.45. The van der Waals surface area contributed by atoms with Crippen LogP contribution >= 0.6 is 0 Å². The molecule has 1 saturated carbocycles. The minimum Gasteiger partial charge on any atom is -0.437 e. The molecule has 3 heterocycles. The van der Waals surface area contributed by atoms with Gasteiger partial charge in [0.1, 0.15) is 17.4 Å². The van der Waals surface area contributed by atoms with Gasteiger partial charge in [0.25, 0.3) is 0 Å². The van der Waals surface area contributed by atoms with E-state index in [1.54, 1.807) is 25.3 Å². The van der Waals surface area contributed by atoms with E-state index in [1.165, 1.54) is 0 Å². The molecule has 1 aromatic carbocycles. The molecule has 0 unspecified atom stereocenters. The number of hydrogen-bond donors (Lipinski definition) is 0. The lowest BCUT2D eigenvalue weighted by molar-refractivity contribution is -0.117. The molecule has 0 spiro atoms. The minimum absolute atomic E-state index is 0.00394. The van der Waals surface area contributed by atoms with E-state index in [0.29, 0.717) is 17.4 Å². The van der Waals surface area contributed by atoms with Crippen LogP contribution in [0.5, 0.6) is 11.6 Å². The largest absolute Gasteiger partial charge is 0.437 e. The van der Waals surface area contributed by atoms with Crippen molar-refractivity contribution >= 4 is 11.6 Å². The summed E-state index contributed by atoms with van der Waals surface area (Å²) in [6.45, 7) is 3.65. The lowest BCUT2D eigenvalue weighted by Crippen LogP contribution is -2.40. The van der Waals surface area contributed by atoms with Gasteiger partial charge in [0.2, 0.25) is 11.8 Å². The molecule has 5 rings (SSSR count). The zero-order valence-corrected chi connectivity index (χ0v) is 17.6. The van der Waals surface area contributed by atoms with E-state index in [-0.39, 0.29) is 17.8 Å². The number of rotatable bonds is 4. The molecule has 3 aromatic rings. The molecule has 2 aliphatic rings. The third-order valence-electron chi connectivity index (χ3n) is 6.01. The van der Waals surface area contributed by atoms with Crippen LogP contribution in [0.1, 0.15) is 50.3 Å². The van der Waals surface area contributed by atoms with Crippen molar-refractivity contribution in [3.05, 3.63) is 54.0 Å². The summed E-state index contributed by atoms with van der Waals surface area (Å²) in [5, 5.41) is 14.0. The maximum absolute atomic E-state index is 12.4. The first kappa shape index (κ1) is 19.3. The number of carbonyl (C=O) groups is 1. The van der Waals surface area contributed by atoms with Crippen LogP contribution in [0.25, 0.3) is 11.1 Å². The van der Waals surface area contributed by atoms with Gasteiger partial charge in [0.15, 0.2) is 0 Å². The first-order chi connectivity index (χ1) is 15.1. The predicted octanol–water partition coefficient (Wildman–Crippen LogP) is 4.63. The van der Waals surface area contributed by atoms with Crippen molar-refractivity contribution in [2.75, 3.05) is 4.90 Å². The third-order valence-corrected chi connectivity index (χ3v) is 6.01. The highest BCUT2D eigenvalue weighted by atomic mass is 16.5. The molecule has 0 N–H and O–H groups in total. The summed E-state index contributed by atoms with van der Waals surface area (Å²) in [6, 6.07) is 10.1. The molecular formula is C24H23N5O2. The van der Waals surface area contributed by atoms with Crippen LogP contribution in [0.3, 0.4) is 0 Å². The molecule has 1 amide bonds. The van der Waals surface area contributed by atoms with Crippen molar-refractivity contribution in [1.29, 1.82) is 5.26 Å². The second kappa shape index (κ2) is 7.55. The molecule has 7 nitrogen and oxygen atoms in total. The fourth-order valence-electron chi connectivity index (χ4n) is 4.30. The molecule has 0 bridgehead atoms. The van der Waals surface area contributed by atoms with E-state index in [2.05, 4.69) is 23.1 Å². The SMILES string of the molecule is CC(=O)N1c2ccc(-c3cnn(C4CC4)c3)c(Oc3ncccc3C#N)c2CC[C@@H]1C. The average molecular weight is 413 g/mol. The number of fused-ring (bicyclic) bond motifs is 1. The lowest BCUT2D eigenvalue weighted by Gasteiger charge is -2.35. The Morgan fingerprint density at radius 3 is 2.84 bits per heavy atom. The van der Waals surface area contributed by atoms with Gasteiger partial charge in [-0.25, -0.2) is 4.98 Å². The number of nitrogens with zero attached hydrogens (tertiary/aromatic N) is 5. The second-order valence-corrected chi connectivity index (χ2v) is 8.23. The Hall–Kier alpha value is -3.66. The Bertz CT molecular complexity index is 1200. The smallest absolute Gasteiger partial charge is 0.237 e. The fraction of sp³-hybridized carbons (Fsp3) is 0.333. The van der Waals surface area contributed by atoms with Gasteiger partial charge in [-0.05, 0) is 56.9 Å². The van der Waals surface area contributed by atoms with Gasteiger partial charge in [0, 0.05) is 42.0 Å². The predicted molar refractivity (Wildman–Crippen MR) is 116 cm³/mol. The quantitative estimate of drug-likeness (QED) is 0.623. The number of hydrogen-bond acceptors (Lipinski definition) is 5. The summed E-state index contributed by atoms with van der Waals surface area (Å²) in [5.74, 6) is 0.910. The standard InChI is InChI=1S/C24H23N5O2/c1-15-5-8-21-22(29(15)16(2)30)10-9-20(18-13-27-28(14-18)19-6-7-19)23(21)31-24-17(12-25)4-3-11-26-24/h3-4,9-11,13-15,19H,5-8H2,1-2H3/t15-/m0/s1. The molecule has 1 aliphatic carbocycles. The Kier molecular flexibility index (Phi) is 4.70.